The zero-order valence-corrected chi connectivity index (χ0v) is 10.3. The molecule has 1 aromatic rings. The third-order valence-corrected chi connectivity index (χ3v) is 3.16. The molecule has 16 heavy (non-hydrogen) atoms. The fourth-order valence-electron chi connectivity index (χ4n) is 1.86. The van der Waals surface area contributed by atoms with Crippen LogP contribution in [0.2, 0.25) is 0 Å². The van der Waals surface area contributed by atoms with Crippen LogP contribution in [0.5, 0.6) is 0 Å². The molecule has 0 atom stereocenters. The molecule has 1 aliphatic heterocycles. The molecule has 0 aromatic heterocycles. The predicted molar refractivity (Wildman–Crippen MR) is 67.2 cm³/mol. The van der Waals surface area contributed by atoms with Crippen LogP contribution in [0.15, 0.2) is 23.1 Å². The molecule has 1 amide bonds. The molecule has 0 radical (unpaired) electrons. The van der Waals surface area contributed by atoms with Crippen molar-refractivity contribution in [3.05, 3.63) is 29.3 Å². The van der Waals surface area contributed by atoms with Crippen LogP contribution in [0, 0.1) is 6.92 Å². The van der Waals surface area contributed by atoms with Gasteiger partial charge >= 0.3 is 0 Å². The summed E-state index contributed by atoms with van der Waals surface area (Å²) in [4.78, 5) is 14.8. The number of carbonyl (C=O) groups excluding carboxylic acids is 1. The first-order valence-electron chi connectivity index (χ1n) is 5.48. The lowest BCUT2D eigenvalue weighted by molar-refractivity contribution is 0.0732. The second-order valence-corrected chi connectivity index (χ2v) is 4.54. The van der Waals surface area contributed by atoms with Gasteiger partial charge in [-0.2, -0.15) is 0 Å². The summed E-state index contributed by atoms with van der Waals surface area (Å²) in [6.45, 7) is 5.30. The Hall–Kier alpha value is -1.00. The van der Waals surface area contributed by atoms with E-state index < -0.39 is 0 Å². The normalized spacial score (nSPS) is 16.2. The molecule has 1 N–H and O–H groups in total. The van der Waals surface area contributed by atoms with Gasteiger partial charge in [-0.15, -0.1) is 12.6 Å². The van der Waals surface area contributed by atoms with Crippen molar-refractivity contribution in [3.8, 4) is 0 Å². The standard InChI is InChI=1S/C12H16N2OS/c1-9-2-3-10(11(16)8-9)12(15)14-6-4-13-5-7-14/h2-3,8,13,16H,4-7H2,1H3. The van der Waals surface area contributed by atoms with E-state index in [9.17, 15) is 4.79 Å². The first-order valence-corrected chi connectivity index (χ1v) is 5.93. The van der Waals surface area contributed by atoms with Crippen molar-refractivity contribution in [3.63, 3.8) is 0 Å². The minimum atomic E-state index is 0.0894. The van der Waals surface area contributed by atoms with E-state index in [2.05, 4.69) is 17.9 Å². The maximum Gasteiger partial charge on any atom is 0.255 e. The fraction of sp³-hybridized carbons (Fsp3) is 0.417. The zero-order chi connectivity index (χ0) is 11.5. The van der Waals surface area contributed by atoms with Crippen molar-refractivity contribution in [1.29, 1.82) is 0 Å². The smallest absolute Gasteiger partial charge is 0.255 e. The highest BCUT2D eigenvalue weighted by Gasteiger charge is 2.19. The summed E-state index contributed by atoms with van der Waals surface area (Å²) in [7, 11) is 0. The number of rotatable bonds is 1. The highest BCUT2D eigenvalue weighted by atomic mass is 32.1. The minimum absolute atomic E-state index is 0.0894. The molecule has 1 aliphatic rings. The van der Waals surface area contributed by atoms with Gasteiger partial charge in [-0.05, 0) is 24.6 Å². The lowest BCUT2D eigenvalue weighted by atomic mass is 10.1. The van der Waals surface area contributed by atoms with Gasteiger partial charge in [0.15, 0.2) is 0 Å². The topological polar surface area (TPSA) is 32.3 Å². The summed E-state index contributed by atoms with van der Waals surface area (Å²) in [5.41, 5.74) is 1.83. The molecule has 3 nitrogen and oxygen atoms in total. The van der Waals surface area contributed by atoms with Gasteiger partial charge in [-0.3, -0.25) is 4.79 Å². The lowest BCUT2D eigenvalue weighted by Gasteiger charge is -2.27. The molecule has 1 saturated heterocycles. The van der Waals surface area contributed by atoms with Gasteiger partial charge in [0, 0.05) is 31.1 Å². The van der Waals surface area contributed by atoms with Gasteiger partial charge in [-0.25, -0.2) is 0 Å². The van der Waals surface area contributed by atoms with Crippen LogP contribution in [-0.2, 0) is 0 Å². The van der Waals surface area contributed by atoms with Crippen LogP contribution in [0.1, 0.15) is 15.9 Å². The Morgan fingerprint density at radius 2 is 2.06 bits per heavy atom. The summed E-state index contributed by atoms with van der Waals surface area (Å²) in [6, 6.07) is 5.75. The Morgan fingerprint density at radius 1 is 1.38 bits per heavy atom. The van der Waals surface area contributed by atoms with Gasteiger partial charge in [0.05, 0.1) is 5.56 Å². The monoisotopic (exact) mass is 236 g/mol. The number of hydrogen-bond acceptors (Lipinski definition) is 3. The van der Waals surface area contributed by atoms with E-state index in [1.165, 1.54) is 0 Å². The van der Waals surface area contributed by atoms with Crippen molar-refractivity contribution in [2.45, 2.75) is 11.8 Å². The molecule has 0 spiro atoms. The van der Waals surface area contributed by atoms with E-state index in [0.29, 0.717) is 5.56 Å². The Balaban J connectivity index is 2.19. The number of piperazine rings is 1. The van der Waals surface area contributed by atoms with Gasteiger partial charge in [0.25, 0.3) is 5.91 Å². The molecule has 1 aromatic carbocycles. The molecular formula is C12H16N2OS. The number of carbonyl (C=O) groups is 1. The van der Waals surface area contributed by atoms with E-state index in [1.807, 2.05) is 30.0 Å². The molecule has 1 heterocycles. The van der Waals surface area contributed by atoms with Gasteiger partial charge in [-0.1, -0.05) is 6.07 Å². The van der Waals surface area contributed by atoms with E-state index >= 15 is 0 Å². The third kappa shape index (κ3) is 2.39. The van der Waals surface area contributed by atoms with Crippen LogP contribution in [0.4, 0.5) is 0 Å². The first-order chi connectivity index (χ1) is 7.68. The maximum absolute atomic E-state index is 12.2. The van der Waals surface area contributed by atoms with Crippen molar-refractivity contribution < 1.29 is 4.79 Å². The van der Waals surface area contributed by atoms with E-state index in [-0.39, 0.29) is 5.91 Å². The summed E-state index contributed by atoms with van der Waals surface area (Å²) < 4.78 is 0. The maximum atomic E-state index is 12.2. The highest BCUT2D eigenvalue weighted by Crippen LogP contribution is 2.17. The largest absolute Gasteiger partial charge is 0.336 e. The van der Waals surface area contributed by atoms with Crippen molar-refractivity contribution in [2.75, 3.05) is 26.2 Å². The number of thiol groups is 1. The molecule has 86 valence electrons. The van der Waals surface area contributed by atoms with Crippen LogP contribution < -0.4 is 5.32 Å². The number of nitrogens with zero attached hydrogens (tertiary/aromatic N) is 1. The predicted octanol–water partition coefficient (Wildman–Crippen LogP) is 1.33. The number of benzene rings is 1. The zero-order valence-electron chi connectivity index (χ0n) is 9.36. The molecule has 0 bridgehead atoms. The van der Waals surface area contributed by atoms with Crippen LogP contribution in [-0.4, -0.2) is 37.0 Å². The highest BCUT2D eigenvalue weighted by molar-refractivity contribution is 7.80. The average Bonchev–Trinajstić information content (AvgIpc) is 2.29. The Kier molecular flexibility index (Phi) is 3.51. The number of amides is 1. The van der Waals surface area contributed by atoms with E-state index in [0.717, 1.165) is 36.6 Å². The van der Waals surface area contributed by atoms with Crippen molar-refractivity contribution >= 4 is 18.5 Å². The van der Waals surface area contributed by atoms with Crippen molar-refractivity contribution in [1.82, 2.24) is 10.2 Å². The molecule has 1 fully saturated rings. The Bertz CT molecular complexity index is 400. The molecule has 0 saturated carbocycles. The molecular weight excluding hydrogens is 220 g/mol. The number of hydrogen-bond donors (Lipinski definition) is 2. The first kappa shape index (κ1) is 11.5. The van der Waals surface area contributed by atoms with Crippen LogP contribution in [0.25, 0.3) is 0 Å². The molecule has 4 heteroatoms. The fourth-order valence-corrected chi connectivity index (χ4v) is 2.23. The molecule has 0 unspecified atom stereocenters. The SMILES string of the molecule is Cc1ccc(C(=O)N2CCNCC2)c(S)c1. The lowest BCUT2D eigenvalue weighted by Crippen LogP contribution is -2.46. The summed E-state index contributed by atoms with van der Waals surface area (Å²) in [5.74, 6) is 0.0894. The van der Waals surface area contributed by atoms with E-state index in [4.69, 9.17) is 0 Å². The number of nitrogens with one attached hydrogen (secondary N) is 1. The minimum Gasteiger partial charge on any atom is -0.336 e. The van der Waals surface area contributed by atoms with Crippen molar-refractivity contribution in [2.24, 2.45) is 0 Å². The second-order valence-electron chi connectivity index (χ2n) is 4.06. The Labute approximate surface area is 101 Å². The van der Waals surface area contributed by atoms with E-state index in [1.54, 1.807) is 0 Å². The van der Waals surface area contributed by atoms with Crippen LogP contribution >= 0.6 is 12.6 Å². The third-order valence-electron chi connectivity index (χ3n) is 2.79. The van der Waals surface area contributed by atoms with Crippen LogP contribution in [0.3, 0.4) is 0 Å². The van der Waals surface area contributed by atoms with Gasteiger partial charge in [0.2, 0.25) is 0 Å². The summed E-state index contributed by atoms with van der Waals surface area (Å²) in [6.07, 6.45) is 0. The average molecular weight is 236 g/mol. The summed E-state index contributed by atoms with van der Waals surface area (Å²) >= 11 is 4.36. The molecule has 2 rings (SSSR count). The molecule has 0 aliphatic carbocycles. The van der Waals surface area contributed by atoms with Gasteiger partial charge < -0.3 is 10.2 Å². The summed E-state index contributed by atoms with van der Waals surface area (Å²) in [5, 5.41) is 3.23. The quantitative estimate of drug-likeness (QED) is 0.721. The number of aryl methyl sites for hydroxylation is 1. The van der Waals surface area contributed by atoms with Gasteiger partial charge in [0.1, 0.15) is 0 Å². The Morgan fingerprint density at radius 3 is 2.69 bits per heavy atom. The second kappa shape index (κ2) is 4.89.